The minimum absolute atomic E-state index is 0.794. The molecule has 1 aromatic carbocycles. The number of fused-ring (bicyclic) bond motifs is 1. The van der Waals surface area contributed by atoms with Gasteiger partial charge < -0.3 is 5.32 Å². The van der Waals surface area contributed by atoms with Gasteiger partial charge >= 0.3 is 0 Å². The lowest BCUT2D eigenvalue weighted by Crippen LogP contribution is -2.28. The largest absolute Gasteiger partial charge is 0.312 e. The van der Waals surface area contributed by atoms with Crippen LogP contribution in [0.1, 0.15) is 31.4 Å². The molecule has 1 heteroatoms. The summed E-state index contributed by atoms with van der Waals surface area (Å²) in [5.74, 6) is 1.63. The van der Waals surface area contributed by atoms with Gasteiger partial charge in [0.2, 0.25) is 0 Å². The topological polar surface area (TPSA) is 12.0 Å². The maximum Gasteiger partial charge on any atom is 0.0208 e. The average molecular weight is 203 g/mol. The van der Waals surface area contributed by atoms with E-state index in [-0.39, 0.29) is 0 Å². The van der Waals surface area contributed by atoms with Gasteiger partial charge in [0.25, 0.3) is 0 Å². The second-order valence-electron chi connectivity index (χ2n) is 4.94. The van der Waals surface area contributed by atoms with E-state index in [0.29, 0.717) is 0 Å². The zero-order valence-corrected chi connectivity index (χ0v) is 9.79. The van der Waals surface area contributed by atoms with E-state index < -0.39 is 0 Å². The van der Waals surface area contributed by atoms with E-state index in [9.17, 15) is 0 Å². The van der Waals surface area contributed by atoms with Crippen LogP contribution in [0.5, 0.6) is 0 Å². The molecular weight excluding hydrogens is 182 g/mol. The van der Waals surface area contributed by atoms with Gasteiger partial charge in [0, 0.05) is 6.54 Å². The first-order valence-corrected chi connectivity index (χ1v) is 6.05. The van der Waals surface area contributed by atoms with Crippen molar-refractivity contribution in [2.45, 2.75) is 33.2 Å². The Morgan fingerprint density at radius 2 is 1.93 bits per heavy atom. The zero-order chi connectivity index (χ0) is 10.7. The van der Waals surface area contributed by atoms with Crippen LogP contribution in [0.25, 0.3) is 0 Å². The molecule has 0 saturated heterocycles. The summed E-state index contributed by atoms with van der Waals surface area (Å²) in [5, 5.41) is 3.57. The molecule has 1 aliphatic heterocycles. The van der Waals surface area contributed by atoms with Crippen LogP contribution in [0.15, 0.2) is 24.3 Å². The Bertz CT molecular complexity index is 317. The molecule has 0 aromatic heterocycles. The van der Waals surface area contributed by atoms with Crippen LogP contribution < -0.4 is 5.32 Å². The molecule has 1 unspecified atom stereocenters. The Morgan fingerprint density at radius 3 is 2.67 bits per heavy atom. The molecule has 1 nitrogen and oxygen atoms in total. The minimum atomic E-state index is 0.794. The summed E-state index contributed by atoms with van der Waals surface area (Å²) in [5.41, 5.74) is 3.02. The Hall–Kier alpha value is -0.820. The number of hydrogen-bond acceptors (Lipinski definition) is 1. The molecule has 1 aromatic rings. The summed E-state index contributed by atoms with van der Waals surface area (Å²) < 4.78 is 0. The van der Waals surface area contributed by atoms with E-state index in [1.807, 2.05) is 0 Å². The molecule has 0 aliphatic carbocycles. The number of benzene rings is 1. The van der Waals surface area contributed by atoms with Crippen LogP contribution in [-0.4, -0.2) is 6.54 Å². The quantitative estimate of drug-likeness (QED) is 0.740. The molecule has 1 N–H and O–H groups in total. The van der Waals surface area contributed by atoms with Crippen molar-refractivity contribution in [3.63, 3.8) is 0 Å². The third kappa shape index (κ3) is 2.60. The van der Waals surface area contributed by atoms with Crippen molar-refractivity contribution in [2.75, 3.05) is 6.54 Å². The van der Waals surface area contributed by atoms with Crippen molar-refractivity contribution in [3.05, 3.63) is 35.4 Å². The minimum Gasteiger partial charge on any atom is -0.312 e. The molecule has 0 fully saturated rings. The van der Waals surface area contributed by atoms with Crippen molar-refractivity contribution in [1.82, 2.24) is 5.32 Å². The molecule has 2 rings (SSSR count). The summed E-state index contributed by atoms with van der Waals surface area (Å²) in [7, 11) is 0. The van der Waals surface area contributed by atoms with Crippen LogP contribution in [0.2, 0.25) is 0 Å². The number of nitrogens with one attached hydrogen (secondary N) is 1. The highest BCUT2D eigenvalue weighted by atomic mass is 14.9. The van der Waals surface area contributed by atoms with Crippen LogP contribution in [0.3, 0.4) is 0 Å². The highest BCUT2D eigenvalue weighted by Crippen LogP contribution is 2.21. The highest BCUT2D eigenvalue weighted by Gasteiger charge is 2.16. The highest BCUT2D eigenvalue weighted by molar-refractivity contribution is 5.27. The molecule has 0 amide bonds. The van der Waals surface area contributed by atoms with E-state index in [4.69, 9.17) is 0 Å². The molecule has 0 saturated carbocycles. The van der Waals surface area contributed by atoms with Gasteiger partial charge in [-0.25, -0.2) is 0 Å². The fraction of sp³-hybridized carbons (Fsp3) is 0.571. The predicted molar refractivity (Wildman–Crippen MR) is 64.8 cm³/mol. The third-order valence-corrected chi connectivity index (χ3v) is 3.57. The van der Waals surface area contributed by atoms with Gasteiger partial charge in [0.1, 0.15) is 0 Å². The molecule has 0 spiro atoms. The fourth-order valence-electron chi connectivity index (χ4n) is 2.38. The van der Waals surface area contributed by atoms with Gasteiger partial charge in [-0.05, 0) is 42.3 Å². The summed E-state index contributed by atoms with van der Waals surface area (Å²) in [6.45, 7) is 6.88. The molecule has 1 atom stereocenters. The first kappa shape index (κ1) is 10.7. The summed E-state index contributed by atoms with van der Waals surface area (Å²) in [6, 6.07) is 8.82. The molecule has 0 radical (unpaired) electrons. The van der Waals surface area contributed by atoms with Crippen LogP contribution in [-0.2, 0) is 13.0 Å². The Kier molecular flexibility index (Phi) is 3.42. The maximum absolute atomic E-state index is 3.57. The van der Waals surface area contributed by atoms with Gasteiger partial charge in [-0.15, -0.1) is 0 Å². The average Bonchev–Trinajstić information content (AvgIpc) is 2.18. The monoisotopic (exact) mass is 203 g/mol. The predicted octanol–water partition coefficient (Wildman–Crippen LogP) is 2.99. The molecule has 0 bridgehead atoms. The lowest BCUT2D eigenvalue weighted by Gasteiger charge is -2.25. The summed E-state index contributed by atoms with van der Waals surface area (Å²) in [4.78, 5) is 0. The van der Waals surface area contributed by atoms with Crippen molar-refractivity contribution in [1.29, 1.82) is 0 Å². The van der Waals surface area contributed by atoms with Crippen LogP contribution in [0.4, 0.5) is 0 Å². The Balaban J connectivity index is 2.11. The summed E-state index contributed by atoms with van der Waals surface area (Å²) in [6.07, 6.45) is 2.57. The zero-order valence-electron chi connectivity index (χ0n) is 9.79. The van der Waals surface area contributed by atoms with Crippen molar-refractivity contribution >= 4 is 0 Å². The van der Waals surface area contributed by atoms with Crippen molar-refractivity contribution < 1.29 is 0 Å². The molecule has 82 valence electrons. The van der Waals surface area contributed by atoms with E-state index in [0.717, 1.165) is 18.4 Å². The van der Waals surface area contributed by atoms with Crippen LogP contribution >= 0.6 is 0 Å². The van der Waals surface area contributed by atoms with Gasteiger partial charge in [-0.3, -0.25) is 0 Å². The Labute approximate surface area is 92.9 Å². The second kappa shape index (κ2) is 4.80. The van der Waals surface area contributed by atoms with E-state index >= 15 is 0 Å². The van der Waals surface area contributed by atoms with Gasteiger partial charge in [-0.2, -0.15) is 0 Å². The first-order valence-electron chi connectivity index (χ1n) is 6.05. The normalized spacial score (nSPS) is 21.9. The maximum atomic E-state index is 3.57. The van der Waals surface area contributed by atoms with Crippen molar-refractivity contribution in [3.8, 4) is 0 Å². The first-order chi connectivity index (χ1) is 7.27. The smallest absolute Gasteiger partial charge is 0.0208 e. The SMILES string of the molecule is CC(C)C1CCc2ccccc2CNC1. The third-order valence-electron chi connectivity index (χ3n) is 3.57. The van der Waals surface area contributed by atoms with E-state index in [1.54, 1.807) is 0 Å². The standard InChI is InChI=1S/C14H21N/c1-11(2)13-8-7-12-5-3-4-6-14(12)10-15-9-13/h3-6,11,13,15H,7-10H2,1-2H3. The lowest BCUT2D eigenvalue weighted by atomic mass is 9.87. The van der Waals surface area contributed by atoms with E-state index in [1.165, 1.54) is 30.5 Å². The Morgan fingerprint density at radius 1 is 1.20 bits per heavy atom. The number of aryl methyl sites for hydroxylation is 1. The lowest BCUT2D eigenvalue weighted by molar-refractivity contribution is 0.334. The molecule has 1 heterocycles. The molecule has 1 aliphatic rings. The van der Waals surface area contributed by atoms with Gasteiger partial charge in [0.05, 0.1) is 0 Å². The fourth-order valence-corrected chi connectivity index (χ4v) is 2.38. The van der Waals surface area contributed by atoms with Crippen molar-refractivity contribution in [2.24, 2.45) is 11.8 Å². The summed E-state index contributed by atoms with van der Waals surface area (Å²) >= 11 is 0. The van der Waals surface area contributed by atoms with Gasteiger partial charge in [0.15, 0.2) is 0 Å². The number of hydrogen-bond donors (Lipinski definition) is 1. The molecule has 15 heavy (non-hydrogen) atoms. The van der Waals surface area contributed by atoms with Gasteiger partial charge in [-0.1, -0.05) is 38.1 Å². The number of rotatable bonds is 1. The van der Waals surface area contributed by atoms with Crippen LogP contribution in [0, 0.1) is 11.8 Å². The molecular formula is C14H21N. The van der Waals surface area contributed by atoms with E-state index in [2.05, 4.69) is 43.4 Å². The second-order valence-corrected chi connectivity index (χ2v) is 4.94.